The predicted molar refractivity (Wildman–Crippen MR) is 104 cm³/mol. The predicted octanol–water partition coefficient (Wildman–Crippen LogP) is 3.82. The topological polar surface area (TPSA) is 72.7 Å². The zero-order valence-corrected chi connectivity index (χ0v) is 15.8. The number of nitrogens with zero attached hydrogens (tertiary/aromatic N) is 4. The molecule has 0 saturated carbocycles. The monoisotopic (exact) mass is 367 g/mol. The van der Waals surface area contributed by atoms with Gasteiger partial charge in [0.25, 0.3) is 0 Å². The highest BCUT2D eigenvalue weighted by atomic mass is 32.2. The third-order valence-electron chi connectivity index (χ3n) is 3.87. The first kappa shape index (κ1) is 18.1. The van der Waals surface area contributed by atoms with E-state index in [2.05, 4.69) is 46.5 Å². The maximum atomic E-state index is 12.1. The summed E-state index contributed by atoms with van der Waals surface area (Å²) in [5.41, 5.74) is 3.30. The van der Waals surface area contributed by atoms with E-state index < -0.39 is 0 Å². The maximum Gasteiger partial charge on any atom is 0.236 e. The Bertz CT molecular complexity index is 872. The van der Waals surface area contributed by atoms with Crippen molar-refractivity contribution < 1.29 is 4.79 Å². The summed E-state index contributed by atoms with van der Waals surface area (Å²) in [7, 11) is 0. The fraction of sp³-hybridized carbons (Fsp3) is 0.263. The van der Waals surface area contributed by atoms with E-state index in [-0.39, 0.29) is 11.7 Å². The van der Waals surface area contributed by atoms with Crippen LogP contribution in [0, 0.1) is 6.92 Å². The highest BCUT2D eigenvalue weighted by molar-refractivity contribution is 7.99. The van der Waals surface area contributed by atoms with Gasteiger partial charge in [0.05, 0.1) is 5.75 Å². The van der Waals surface area contributed by atoms with Gasteiger partial charge in [-0.15, -0.1) is 10.2 Å². The van der Waals surface area contributed by atoms with Gasteiger partial charge in [0.1, 0.15) is 12.1 Å². The molecule has 0 unspecified atom stereocenters. The Hall–Kier alpha value is -2.67. The van der Waals surface area contributed by atoms with Crippen molar-refractivity contribution in [3.8, 4) is 5.69 Å². The number of carbonyl (C=O) groups is 1. The number of carbonyl (C=O) groups excluding carboxylic acids is 1. The van der Waals surface area contributed by atoms with Crippen LogP contribution in [0.1, 0.15) is 30.9 Å². The summed E-state index contributed by atoms with van der Waals surface area (Å²) in [4.78, 5) is 16.3. The fourth-order valence-corrected chi connectivity index (χ4v) is 3.10. The van der Waals surface area contributed by atoms with E-state index >= 15 is 0 Å². The van der Waals surface area contributed by atoms with Crippen molar-refractivity contribution in [3.05, 3.63) is 60.0 Å². The van der Waals surface area contributed by atoms with Gasteiger partial charge in [-0.1, -0.05) is 43.8 Å². The maximum absolute atomic E-state index is 12.1. The van der Waals surface area contributed by atoms with Crippen molar-refractivity contribution >= 4 is 23.5 Å². The van der Waals surface area contributed by atoms with Gasteiger partial charge in [-0.2, -0.15) is 0 Å². The van der Waals surface area contributed by atoms with Gasteiger partial charge in [0.15, 0.2) is 5.16 Å². The number of thioether (sulfide) groups is 1. The smallest absolute Gasteiger partial charge is 0.236 e. The standard InChI is InChI=1S/C19H21N5OS/c1-13(2)15-5-7-16(8-6-15)24-12-21-23-19(24)26-11-18(25)22-17-9-4-14(3)10-20-17/h4-10,12-13H,11H2,1-3H3,(H,20,22,25). The largest absolute Gasteiger partial charge is 0.310 e. The second-order valence-corrected chi connectivity index (χ2v) is 7.23. The molecule has 0 aliphatic heterocycles. The van der Waals surface area contributed by atoms with Crippen molar-refractivity contribution in [2.24, 2.45) is 0 Å². The molecule has 3 aromatic rings. The first-order valence-corrected chi connectivity index (χ1v) is 9.37. The number of nitrogens with one attached hydrogen (secondary N) is 1. The van der Waals surface area contributed by atoms with Crippen LogP contribution in [0.4, 0.5) is 5.82 Å². The number of anilines is 1. The van der Waals surface area contributed by atoms with Crippen LogP contribution in [0.2, 0.25) is 0 Å². The number of hydrogen-bond acceptors (Lipinski definition) is 5. The molecule has 0 fully saturated rings. The normalized spacial score (nSPS) is 10.9. The number of aryl methyl sites for hydroxylation is 1. The summed E-state index contributed by atoms with van der Waals surface area (Å²) in [6.45, 7) is 6.28. The van der Waals surface area contributed by atoms with E-state index in [9.17, 15) is 4.79 Å². The second-order valence-electron chi connectivity index (χ2n) is 6.29. The summed E-state index contributed by atoms with van der Waals surface area (Å²) < 4.78 is 1.88. The molecule has 3 rings (SSSR count). The SMILES string of the molecule is Cc1ccc(NC(=O)CSc2nncn2-c2ccc(C(C)C)cc2)nc1. The average Bonchev–Trinajstić information content (AvgIpc) is 3.10. The van der Waals surface area contributed by atoms with Crippen LogP contribution < -0.4 is 5.32 Å². The molecule has 6 nitrogen and oxygen atoms in total. The molecule has 0 aliphatic carbocycles. The summed E-state index contributed by atoms with van der Waals surface area (Å²) >= 11 is 1.34. The Morgan fingerprint density at radius 2 is 1.96 bits per heavy atom. The molecule has 26 heavy (non-hydrogen) atoms. The van der Waals surface area contributed by atoms with Crippen LogP contribution in [-0.4, -0.2) is 31.4 Å². The summed E-state index contributed by atoms with van der Waals surface area (Å²) in [5.74, 6) is 1.14. The van der Waals surface area contributed by atoms with Gasteiger partial charge in [0, 0.05) is 11.9 Å². The van der Waals surface area contributed by atoms with Crippen molar-refractivity contribution in [2.45, 2.75) is 31.8 Å². The van der Waals surface area contributed by atoms with Gasteiger partial charge in [0.2, 0.25) is 5.91 Å². The molecule has 1 amide bonds. The highest BCUT2D eigenvalue weighted by Crippen LogP contribution is 2.22. The lowest BCUT2D eigenvalue weighted by Gasteiger charge is -2.09. The fourth-order valence-electron chi connectivity index (χ4n) is 2.37. The van der Waals surface area contributed by atoms with Crippen molar-refractivity contribution in [1.82, 2.24) is 19.7 Å². The third kappa shape index (κ3) is 4.49. The molecular weight excluding hydrogens is 346 g/mol. The van der Waals surface area contributed by atoms with Crippen molar-refractivity contribution in [2.75, 3.05) is 11.1 Å². The van der Waals surface area contributed by atoms with Crippen LogP contribution in [0.5, 0.6) is 0 Å². The van der Waals surface area contributed by atoms with Crippen LogP contribution in [0.15, 0.2) is 54.1 Å². The number of amides is 1. The van der Waals surface area contributed by atoms with Gasteiger partial charge < -0.3 is 5.32 Å². The summed E-state index contributed by atoms with van der Waals surface area (Å²) in [6, 6.07) is 12.0. The molecule has 0 radical (unpaired) electrons. The van der Waals surface area contributed by atoms with Crippen LogP contribution >= 0.6 is 11.8 Å². The molecule has 0 saturated heterocycles. The van der Waals surface area contributed by atoms with E-state index in [0.29, 0.717) is 16.9 Å². The molecule has 0 atom stereocenters. The minimum atomic E-state index is -0.129. The Morgan fingerprint density at radius 3 is 2.62 bits per heavy atom. The van der Waals surface area contributed by atoms with Crippen LogP contribution in [0.3, 0.4) is 0 Å². The summed E-state index contributed by atoms with van der Waals surface area (Å²) in [5, 5.41) is 11.6. The lowest BCUT2D eigenvalue weighted by atomic mass is 10.0. The quantitative estimate of drug-likeness (QED) is 0.671. The Kier molecular flexibility index (Phi) is 5.68. The number of rotatable bonds is 6. The van der Waals surface area contributed by atoms with E-state index in [1.54, 1.807) is 18.6 Å². The lowest BCUT2D eigenvalue weighted by Crippen LogP contribution is -2.15. The minimum Gasteiger partial charge on any atom is -0.310 e. The lowest BCUT2D eigenvalue weighted by molar-refractivity contribution is -0.113. The van der Waals surface area contributed by atoms with Gasteiger partial charge in [-0.05, 0) is 42.2 Å². The molecule has 0 spiro atoms. The molecule has 1 N–H and O–H groups in total. The molecule has 2 heterocycles. The van der Waals surface area contributed by atoms with Gasteiger partial charge in [-0.25, -0.2) is 4.98 Å². The zero-order valence-electron chi connectivity index (χ0n) is 15.0. The molecule has 0 bridgehead atoms. The van der Waals surface area contributed by atoms with Crippen molar-refractivity contribution in [1.29, 1.82) is 0 Å². The molecule has 0 aliphatic rings. The second kappa shape index (κ2) is 8.14. The molecule has 2 aromatic heterocycles. The Balaban J connectivity index is 1.63. The number of pyridine rings is 1. The number of benzene rings is 1. The van der Waals surface area contributed by atoms with Crippen molar-refractivity contribution in [3.63, 3.8) is 0 Å². The van der Waals surface area contributed by atoms with Gasteiger partial charge >= 0.3 is 0 Å². The Labute approximate surface area is 157 Å². The Morgan fingerprint density at radius 1 is 1.19 bits per heavy atom. The first-order chi connectivity index (χ1) is 12.5. The zero-order chi connectivity index (χ0) is 18.5. The third-order valence-corrected chi connectivity index (χ3v) is 4.81. The molecule has 7 heteroatoms. The van der Waals surface area contributed by atoms with Gasteiger partial charge in [-0.3, -0.25) is 9.36 Å². The molecule has 134 valence electrons. The van der Waals surface area contributed by atoms with E-state index in [4.69, 9.17) is 0 Å². The average molecular weight is 367 g/mol. The van der Waals surface area contributed by atoms with Crippen LogP contribution in [-0.2, 0) is 4.79 Å². The number of hydrogen-bond donors (Lipinski definition) is 1. The van der Waals surface area contributed by atoms with E-state index in [1.165, 1.54) is 17.3 Å². The highest BCUT2D eigenvalue weighted by Gasteiger charge is 2.11. The molecule has 1 aromatic carbocycles. The van der Waals surface area contributed by atoms with E-state index in [1.807, 2.05) is 29.7 Å². The first-order valence-electron chi connectivity index (χ1n) is 8.38. The summed E-state index contributed by atoms with van der Waals surface area (Å²) in [6.07, 6.45) is 3.38. The van der Waals surface area contributed by atoms with Crippen LogP contribution in [0.25, 0.3) is 5.69 Å². The number of aromatic nitrogens is 4. The minimum absolute atomic E-state index is 0.129. The molecular formula is C19H21N5OS. The van der Waals surface area contributed by atoms with E-state index in [0.717, 1.165) is 11.3 Å².